The smallest absolute Gasteiger partial charge is 0.0541 e. The minimum Gasteiger partial charge on any atom is -0.309 e. The Bertz CT molecular complexity index is 3690. The summed E-state index contributed by atoms with van der Waals surface area (Å²) in [6, 6.07) is 75.0. The van der Waals surface area contributed by atoms with Crippen molar-refractivity contribution in [2.24, 2.45) is 0 Å². The van der Waals surface area contributed by atoms with Crippen LogP contribution in [-0.4, -0.2) is 9.13 Å². The zero-order chi connectivity index (χ0) is 46.1. The Hall–Kier alpha value is -8.72. The number of allylic oxidation sites excluding steroid dienone is 8. The van der Waals surface area contributed by atoms with Gasteiger partial charge in [-0.3, -0.25) is 0 Å². The van der Waals surface area contributed by atoms with E-state index in [-0.39, 0.29) is 0 Å². The van der Waals surface area contributed by atoms with Crippen molar-refractivity contribution >= 4 is 54.8 Å². The molecular formula is C66H50N2. The molecule has 9 aromatic carbocycles. The fourth-order valence-corrected chi connectivity index (χ4v) is 10.5. The molecule has 0 aliphatic carbocycles. The molecule has 11 rings (SSSR count). The zero-order valence-corrected chi connectivity index (χ0v) is 38.4. The van der Waals surface area contributed by atoms with Gasteiger partial charge in [0, 0.05) is 32.9 Å². The quantitative estimate of drug-likeness (QED) is 0.115. The van der Waals surface area contributed by atoms with E-state index in [1.165, 1.54) is 43.6 Å². The van der Waals surface area contributed by atoms with Crippen LogP contribution in [0, 0.1) is 0 Å². The summed E-state index contributed by atoms with van der Waals surface area (Å²) >= 11 is 0. The van der Waals surface area contributed by atoms with Gasteiger partial charge >= 0.3 is 0 Å². The Balaban J connectivity index is 1.26. The molecule has 0 radical (unpaired) electrons. The predicted octanol–water partition coefficient (Wildman–Crippen LogP) is 18.3. The second-order valence-electron chi connectivity index (χ2n) is 17.1. The molecule has 0 unspecified atom stereocenters. The third-order valence-corrected chi connectivity index (χ3v) is 13.4. The molecule has 0 aliphatic rings. The number of aromatic nitrogens is 2. The van der Waals surface area contributed by atoms with Crippen molar-refractivity contribution in [3.05, 3.63) is 267 Å². The molecule has 2 aromatic heterocycles. The van der Waals surface area contributed by atoms with E-state index in [2.05, 4.69) is 267 Å². The number of hydrogen-bond acceptors (Lipinski definition) is 0. The lowest BCUT2D eigenvalue weighted by molar-refractivity contribution is 1.18. The molecule has 0 atom stereocenters. The van der Waals surface area contributed by atoms with Crippen LogP contribution in [0.3, 0.4) is 0 Å². The van der Waals surface area contributed by atoms with E-state index in [1.54, 1.807) is 0 Å². The van der Waals surface area contributed by atoms with Gasteiger partial charge in [0.25, 0.3) is 0 Å². The van der Waals surface area contributed by atoms with Gasteiger partial charge < -0.3 is 9.13 Å². The highest BCUT2D eigenvalue weighted by atomic mass is 15.0. The van der Waals surface area contributed by atoms with Gasteiger partial charge in [0.05, 0.1) is 22.1 Å². The summed E-state index contributed by atoms with van der Waals surface area (Å²) in [6.45, 7) is 13.0. The minimum atomic E-state index is 0.986. The SMILES string of the molecule is C=C/C=C(\C=C)c1c(C(/C=C\C)=C/C)c(-c2ccc(-n3c4ccccc4c4ccccc43)cc2)c(-c2ccccc2)c(-c2ccccc2)c1-c1ccc(-n2c3ccccc3c3ccccc32)cc1. The van der Waals surface area contributed by atoms with Crippen LogP contribution >= 0.6 is 0 Å². The van der Waals surface area contributed by atoms with Gasteiger partial charge in [-0.05, 0) is 129 Å². The van der Waals surface area contributed by atoms with Crippen LogP contribution < -0.4 is 0 Å². The summed E-state index contributed by atoms with van der Waals surface area (Å²) in [5.74, 6) is 0. The minimum absolute atomic E-state index is 0.986. The molecule has 2 heterocycles. The van der Waals surface area contributed by atoms with Gasteiger partial charge in [0.1, 0.15) is 0 Å². The molecule has 68 heavy (non-hydrogen) atoms. The van der Waals surface area contributed by atoms with E-state index in [4.69, 9.17) is 0 Å². The van der Waals surface area contributed by atoms with E-state index in [0.29, 0.717) is 0 Å². The number of fused-ring (bicyclic) bond motifs is 6. The largest absolute Gasteiger partial charge is 0.309 e. The molecule has 0 aliphatic heterocycles. The summed E-state index contributed by atoms with van der Waals surface area (Å²) in [6.07, 6.45) is 12.6. The first-order chi connectivity index (χ1) is 33.6. The fraction of sp³-hybridized carbons (Fsp3) is 0.0303. The lowest BCUT2D eigenvalue weighted by atomic mass is 9.73. The Morgan fingerprint density at radius 1 is 0.368 bits per heavy atom. The van der Waals surface area contributed by atoms with Crippen LogP contribution in [0.4, 0.5) is 0 Å². The van der Waals surface area contributed by atoms with Gasteiger partial charge in [-0.2, -0.15) is 0 Å². The predicted molar refractivity (Wildman–Crippen MR) is 294 cm³/mol. The molecule has 0 N–H and O–H groups in total. The molecule has 324 valence electrons. The molecule has 0 fully saturated rings. The van der Waals surface area contributed by atoms with Crippen LogP contribution in [0.15, 0.2) is 256 Å². The Kier molecular flexibility index (Phi) is 11.1. The molecule has 0 amide bonds. The first-order valence-electron chi connectivity index (χ1n) is 23.4. The highest BCUT2D eigenvalue weighted by molar-refractivity contribution is 6.14. The molecule has 2 nitrogen and oxygen atoms in total. The maximum Gasteiger partial charge on any atom is 0.0541 e. The normalized spacial score (nSPS) is 12.2. The van der Waals surface area contributed by atoms with E-state index >= 15 is 0 Å². The number of rotatable bonds is 11. The summed E-state index contributed by atoms with van der Waals surface area (Å²) < 4.78 is 4.78. The van der Waals surface area contributed by atoms with E-state index < -0.39 is 0 Å². The lowest BCUT2D eigenvalue weighted by Crippen LogP contribution is -2.06. The van der Waals surface area contributed by atoms with Crippen molar-refractivity contribution in [2.45, 2.75) is 13.8 Å². The molecular weight excluding hydrogens is 821 g/mol. The average Bonchev–Trinajstić information content (AvgIpc) is 3.92. The Morgan fingerprint density at radius 3 is 1.04 bits per heavy atom. The van der Waals surface area contributed by atoms with E-state index in [9.17, 15) is 0 Å². The highest BCUT2D eigenvalue weighted by Crippen LogP contribution is 2.54. The Morgan fingerprint density at radius 2 is 0.706 bits per heavy atom. The van der Waals surface area contributed by atoms with Crippen molar-refractivity contribution in [3.63, 3.8) is 0 Å². The van der Waals surface area contributed by atoms with Gasteiger partial charge in [-0.15, -0.1) is 0 Å². The van der Waals surface area contributed by atoms with Gasteiger partial charge in [0.2, 0.25) is 0 Å². The summed E-state index contributed by atoms with van der Waals surface area (Å²) in [5.41, 5.74) is 20.3. The zero-order valence-electron chi connectivity index (χ0n) is 38.4. The second kappa shape index (κ2) is 17.9. The van der Waals surface area contributed by atoms with E-state index in [1.807, 2.05) is 12.2 Å². The maximum absolute atomic E-state index is 4.48. The van der Waals surface area contributed by atoms with Crippen LogP contribution in [-0.2, 0) is 0 Å². The van der Waals surface area contributed by atoms with Crippen LogP contribution in [0.1, 0.15) is 25.0 Å². The van der Waals surface area contributed by atoms with Crippen molar-refractivity contribution in [2.75, 3.05) is 0 Å². The lowest BCUT2D eigenvalue weighted by Gasteiger charge is -2.29. The number of benzene rings is 9. The molecule has 11 aromatic rings. The van der Waals surface area contributed by atoms with Crippen molar-refractivity contribution in [3.8, 4) is 55.9 Å². The third kappa shape index (κ3) is 6.98. The molecule has 0 bridgehead atoms. The number of para-hydroxylation sites is 4. The van der Waals surface area contributed by atoms with Crippen LogP contribution in [0.5, 0.6) is 0 Å². The van der Waals surface area contributed by atoms with Crippen molar-refractivity contribution < 1.29 is 0 Å². The van der Waals surface area contributed by atoms with Gasteiger partial charge in [-0.25, -0.2) is 0 Å². The van der Waals surface area contributed by atoms with Crippen molar-refractivity contribution in [1.82, 2.24) is 9.13 Å². The van der Waals surface area contributed by atoms with Crippen LogP contribution in [0.25, 0.3) is 111 Å². The standard InChI is InChI=1S/C66H50N2/c1-5-23-45(7-3)61-62(46(8-4)24-6-2)66(50-39-43-52(44-40-50)68-59-35-21-17-31-55(59)56-32-18-22-36-60(56)68)64(48-27-13-10-14-28-48)63(47-25-11-9-12-26-47)65(61)49-37-41-51(42-38-49)67-57-33-19-15-29-53(57)54-30-16-20-34-58(54)67/h5-44H,1,3H2,2,4H3/b24-6-,45-23+,46-8+. The first-order valence-corrected chi connectivity index (χ1v) is 23.4. The maximum atomic E-state index is 4.48. The van der Waals surface area contributed by atoms with Crippen LogP contribution in [0.2, 0.25) is 0 Å². The summed E-state index contributed by atoms with van der Waals surface area (Å²) in [4.78, 5) is 0. The average molecular weight is 871 g/mol. The highest BCUT2D eigenvalue weighted by Gasteiger charge is 2.30. The monoisotopic (exact) mass is 870 g/mol. The van der Waals surface area contributed by atoms with E-state index in [0.717, 1.165) is 78.2 Å². The fourth-order valence-electron chi connectivity index (χ4n) is 10.5. The van der Waals surface area contributed by atoms with Gasteiger partial charge in [-0.1, -0.05) is 207 Å². The molecule has 0 spiro atoms. The molecule has 2 heteroatoms. The number of nitrogens with zero attached hydrogens (tertiary/aromatic N) is 2. The summed E-state index contributed by atoms with van der Waals surface area (Å²) in [5, 5.41) is 4.97. The van der Waals surface area contributed by atoms with Crippen molar-refractivity contribution in [1.29, 1.82) is 0 Å². The second-order valence-corrected chi connectivity index (χ2v) is 17.1. The third-order valence-electron chi connectivity index (χ3n) is 13.4. The topological polar surface area (TPSA) is 9.86 Å². The number of hydrogen-bond donors (Lipinski definition) is 0. The summed E-state index contributed by atoms with van der Waals surface area (Å²) in [7, 11) is 0. The molecule has 0 saturated carbocycles. The first kappa shape index (κ1) is 41.9. The molecule has 0 saturated heterocycles. The van der Waals surface area contributed by atoms with Gasteiger partial charge in [0.15, 0.2) is 0 Å². The Labute approximate surface area is 398 Å².